The first-order chi connectivity index (χ1) is 12.5. The fraction of sp³-hybridized carbons (Fsp3) is 0.333. The Morgan fingerprint density at radius 2 is 1.73 bits per heavy atom. The van der Waals surface area contributed by atoms with E-state index in [1.54, 1.807) is 17.9 Å². The van der Waals surface area contributed by atoms with Gasteiger partial charge in [0.25, 0.3) is 0 Å². The largest absolute Gasteiger partial charge is 0.355 e. The maximum Gasteiger partial charge on any atom is 0.242 e. The van der Waals surface area contributed by atoms with Gasteiger partial charge < -0.3 is 10.2 Å². The molecule has 0 aliphatic heterocycles. The topological polar surface area (TPSA) is 49.4 Å². The quantitative estimate of drug-likeness (QED) is 0.765. The lowest BCUT2D eigenvalue weighted by atomic mass is 10.1. The number of halogens is 1. The summed E-state index contributed by atoms with van der Waals surface area (Å²) in [6, 6.07) is 16.7. The molecule has 4 nitrogen and oxygen atoms in total. The molecule has 0 fully saturated rings. The zero-order valence-electron chi connectivity index (χ0n) is 15.2. The Morgan fingerprint density at radius 1 is 1.08 bits per heavy atom. The minimum Gasteiger partial charge on any atom is -0.355 e. The predicted octanol–water partition coefficient (Wildman–Crippen LogP) is 3.83. The van der Waals surface area contributed by atoms with Crippen LogP contribution in [0.4, 0.5) is 0 Å². The number of amides is 2. The Bertz CT molecular complexity index is 734. The summed E-state index contributed by atoms with van der Waals surface area (Å²) in [4.78, 5) is 26.8. The zero-order chi connectivity index (χ0) is 18.9. The van der Waals surface area contributed by atoms with Gasteiger partial charge in [0.15, 0.2) is 0 Å². The molecule has 2 aromatic carbocycles. The number of nitrogens with one attached hydrogen (secondary N) is 1. The van der Waals surface area contributed by atoms with Crippen LogP contribution in [0.3, 0.4) is 0 Å². The molecule has 138 valence electrons. The number of hydrogen-bond acceptors (Lipinski definition) is 2. The van der Waals surface area contributed by atoms with Crippen molar-refractivity contribution >= 4 is 23.4 Å². The molecule has 1 atom stereocenters. The molecule has 0 aromatic heterocycles. The van der Waals surface area contributed by atoms with E-state index in [-0.39, 0.29) is 11.8 Å². The van der Waals surface area contributed by atoms with Crippen LogP contribution in [0.2, 0.25) is 5.02 Å². The standard InChI is InChI=1S/C21H25ClN2O2/c1-3-23-21(26)16(2)24(15-18-11-7-8-12-19(18)22)20(25)14-13-17-9-5-4-6-10-17/h4-12,16H,3,13-15H2,1-2H3,(H,23,26)/t16-/m0/s1. The van der Waals surface area contributed by atoms with E-state index in [1.807, 2.05) is 55.5 Å². The van der Waals surface area contributed by atoms with Crippen LogP contribution in [-0.2, 0) is 22.6 Å². The van der Waals surface area contributed by atoms with Gasteiger partial charge in [0.2, 0.25) is 11.8 Å². The lowest BCUT2D eigenvalue weighted by Crippen LogP contribution is -2.47. The zero-order valence-corrected chi connectivity index (χ0v) is 16.0. The van der Waals surface area contributed by atoms with Gasteiger partial charge in [-0.15, -0.1) is 0 Å². The first-order valence-corrected chi connectivity index (χ1v) is 9.25. The van der Waals surface area contributed by atoms with Crippen molar-refractivity contribution in [3.8, 4) is 0 Å². The van der Waals surface area contributed by atoms with Crippen LogP contribution in [0.25, 0.3) is 0 Å². The molecule has 2 amide bonds. The normalized spacial score (nSPS) is 11.7. The summed E-state index contributed by atoms with van der Waals surface area (Å²) in [6.45, 7) is 4.45. The lowest BCUT2D eigenvalue weighted by molar-refractivity contribution is -0.140. The summed E-state index contributed by atoms with van der Waals surface area (Å²) in [7, 11) is 0. The van der Waals surface area contributed by atoms with Gasteiger partial charge in [-0.3, -0.25) is 9.59 Å². The molecule has 2 rings (SSSR count). The van der Waals surface area contributed by atoms with Gasteiger partial charge in [0, 0.05) is 24.5 Å². The highest BCUT2D eigenvalue weighted by Crippen LogP contribution is 2.19. The van der Waals surface area contributed by atoms with Crippen LogP contribution in [0.1, 0.15) is 31.4 Å². The van der Waals surface area contributed by atoms with Crippen molar-refractivity contribution in [2.24, 2.45) is 0 Å². The molecule has 0 bridgehead atoms. The highest BCUT2D eigenvalue weighted by molar-refractivity contribution is 6.31. The predicted molar refractivity (Wildman–Crippen MR) is 105 cm³/mol. The van der Waals surface area contributed by atoms with E-state index in [0.29, 0.717) is 31.0 Å². The molecule has 0 saturated heterocycles. The third-order valence-corrected chi connectivity index (χ3v) is 4.66. The van der Waals surface area contributed by atoms with Gasteiger partial charge in [0.1, 0.15) is 6.04 Å². The molecule has 0 unspecified atom stereocenters. The second-order valence-electron chi connectivity index (χ2n) is 6.17. The summed E-state index contributed by atoms with van der Waals surface area (Å²) in [5.74, 6) is -0.222. The van der Waals surface area contributed by atoms with E-state index in [1.165, 1.54) is 0 Å². The molecule has 0 radical (unpaired) electrons. The Hall–Kier alpha value is -2.33. The van der Waals surface area contributed by atoms with Crippen molar-refractivity contribution in [1.82, 2.24) is 10.2 Å². The first-order valence-electron chi connectivity index (χ1n) is 8.87. The summed E-state index contributed by atoms with van der Waals surface area (Å²) in [5, 5.41) is 3.38. The van der Waals surface area contributed by atoms with Crippen molar-refractivity contribution in [2.75, 3.05) is 6.54 Å². The molecule has 26 heavy (non-hydrogen) atoms. The molecule has 0 saturated carbocycles. The number of likely N-dealkylation sites (N-methyl/N-ethyl adjacent to an activating group) is 1. The number of rotatable bonds is 8. The monoisotopic (exact) mass is 372 g/mol. The molecule has 0 aliphatic rings. The van der Waals surface area contributed by atoms with Gasteiger partial charge >= 0.3 is 0 Å². The molecule has 0 heterocycles. The molecule has 2 aromatic rings. The van der Waals surface area contributed by atoms with Crippen LogP contribution in [0.5, 0.6) is 0 Å². The van der Waals surface area contributed by atoms with Gasteiger partial charge in [-0.2, -0.15) is 0 Å². The van der Waals surface area contributed by atoms with E-state index in [0.717, 1.165) is 11.1 Å². The Labute approximate surface area is 160 Å². The summed E-state index contributed by atoms with van der Waals surface area (Å²) in [5.41, 5.74) is 1.93. The lowest BCUT2D eigenvalue weighted by Gasteiger charge is -2.29. The molecule has 0 spiro atoms. The smallest absolute Gasteiger partial charge is 0.242 e. The average molecular weight is 373 g/mol. The molecular formula is C21H25ClN2O2. The van der Waals surface area contributed by atoms with Gasteiger partial charge in [-0.05, 0) is 37.5 Å². The van der Waals surface area contributed by atoms with E-state index in [9.17, 15) is 9.59 Å². The van der Waals surface area contributed by atoms with Crippen LogP contribution in [-0.4, -0.2) is 29.3 Å². The Kier molecular flexibility index (Phi) is 7.67. The van der Waals surface area contributed by atoms with Gasteiger partial charge in [-0.25, -0.2) is 0 Å². The highest BCUT2D eigenvalue weighted by atomic mass is 35.5. The van der Waals surface area contributed by atoms with Crippen molar-refractivity contribution < 1.29 is 9.59 Å². The molecule has 5 heteroatoms. The van der Waals surface area contributed by atoms with Crippen molar-refractivity contribution in [2.45, 2.75) is 39.3 Å². The van der Waals surface area contributed by atoms with Gasteiger partial charge in [0.05, 0.1) is 0 Å². The fourth-order valence-electron chi connectivity index (χ4n) is 2.75. The van der Waals surface area contributed by atoms with Crippen molar-refractivity contribution in [3.63, 3.8) is 0 Å². The molecule has 0 aliphatic carbocycles. The van der Waals surface area contributed by atoms with Crippen LogP contribution in [0, 0.1) is 0 Å². The van der Waals surface area contributed by atoms with E-state index < -0.39 is 6.04 Å². The Balaban J connectivity index is 2.14. The summed E-state index contributed by atoms with van der Waals surface area (Å²) < 4.78 is 0. The van der Waals surface area contributed by atoms with E-state index in [4.69, 9.17) is 11.6 Å². The first kappa shape index (κ1) is 20.0. The van der Waals surface area contributed by atoms with E-state index >= 15 is 0 Å². The second-order valence-corrected chi connectivity index (χ2v) is 6.58. The SMILES string of the molecule is CCNC(=O)[C@H](C)N(Cc1ccccc1Cl)C(=O)CCc1ccccc1. The number of carbonyl (C=O) groups excluding carboxylic acids is 2. The van der Waals surface area contributed by atoms with Crippen LogP contribution < -0.4 is 5.32 Å². The second kappa shape index (κ2) is 9.97. The number of nitrogens with zero attached hydrogens (tertiary/aromatic N) is 1. The highest BCUT2D eigenvalue weighted by Gasteiger charge is 2.26. The van der Waals surface area contributed by atoms with Gasteiger partial charge in [-0.1, -0.05) is 60.1 Å². The molecule has 1 N–H and O–H groups in total. The van der Waals surface area contributed by atoms with E-state index in [2.05, 4.69) is 5.32 Å². The average Bonchev–Trinajstić information content (AvgIpc) is 2.66. The summed E-state index contributed by atoms with van der Waals surface area (Å²) in [6.07, 6.45) is 0.985. The van der Waals surface area contributed by atoms with Crippen LogP contribution in [0.15, 0.2) is 54.6 Å². The summed E-state index contributed by atoms with van der Waals surface area (Å²) >= 11 is 6.25. The molecular weight excluding hydrogens is 348 g/mol. The third-order valence-electron chi connectivity index (χ3n) is 4.29. The van der Waals surface area contributed by atoms with Crippen LogP contribution >= 0.6 is 11.6 Å². The fourth-order valence-corrected chi connectivity index (χ4v) is 2.95. The number of hydrogen-bond donors (Lipinski definition) is 1. The maximum atomic E-state index is 12.9. The minimum absolute atomic E-state index is 0.0625. The van der Waals surface area contributed by atoms with Crippen molar-refractivity contribution in [1.29, 1.82) is 0 Å². The number of carbonyl (C=O) groups is 2. The number of benzene rings is 2. The van der Waals surface area contributed by atoms with Crippen molar-refractivity contribution in [3.05, 3.63) is 70.7 Å². The maximum absolute atomic E-state index is 12.9. The number of aryl methyl sites for hydroxylation is 1. The Morgan fingerprint density at radius 3 is 2.38 bits per heavy atom. The third kappa shape index (κ3) is 5.60. The minimum atomic E-state index is -0.561.